The average molecular weight is 405 g/mol. The third-order valence-corrected chi connectivity index (χ3v) is 4.54. The first kappa shape index (κ1) is 17.4. The normalized spacial score (nSPS) is 17.5. The molecule has 0 bridgehead atoms. The van der Waals surface area contributed by atoms with Crippen molar-refractivity contribution in [2.24, 2.45) is 0 Å². The first-order chi connectivity index (χ1) is 12.9. The second-order valence-corrected chi connectivity index (χ2v) is 6.50. The van der Waals surface area contributed by atoms with Gasteiger partial charge in [-0.1, -0.05) is 29.3 Å². The molecule has 7 nitrogen and oxygen atoms in total. The molecular weight excluding hydrogens is 395 g/mol. The zero-order chi connectivity index (χ0) is 19.1. The summed E-state index contributed by atoms with van der Waals surface area (Å²) in [5.74, 6) is -0.693. The molecule has 27 heavy (non-hydrogen) atoms. The number of barbiturate groups is 1. The summed E-state index contributed by atoms with van der Waals surface area (Å²) in [4.78, 5) is 38.2. The van der Waals surface area contributed by atoms with Gasteiger partial charge in [0, 0.05) is 16.1 Å². The Morgan fingerprint density at radius 1 is 1.00 bits per heavy atom. The van der Waals surface area contributed by atoms with Crippen molar-refractivity contribution in [3.63, 3.8) is 0 Å². The summed E-state index contributed by atoms with van der Waals surface area (Å²) in [5.41, 5.74) is 0.415. The predicted molar refractivity (Wildman–Crippen MR) is 98.0 cm³/mol. The van der Waals surface area contributed by atoms with Crippen LogP contribution < -0.4 is 19.7 Å². The molecule has 2 aliphatic rings. The maximum atomic E-state index is 12.9. The Kier molecular flexibility index (Phi) is 4.25. The quantitative estimate of drug-likeness (QED) is 0.612. The molecule has 4 rings (SSSR count). The van der Waals surface area contributed by atoms with Gasteiger partial charge in [0.1, 0.15) is 5.57 Å². The van der Waals surface area contributed by atoms with E-state index in [-0.39, 0.29) is 23.1 Å². The molecule has 0 spiro atoms. The van der Waals surface area contributed by atoms with E-state index in [4.69, 9.17) is 32.7 Å². The standard InChI is InChI=1S/C18H10Cl2N2O5/c19-10-2-1-9(13(20)6-10)5-12-16(23)21-18(25)22(17(12)24)11-3-4-14-15(7-11)27-8-26-14/h1-7H,8H2,(H,21,23,25)/b12-5+. The topological polar surface area (TPSA) is 84.9 Å². The second kappa shape index (κ2) is 6.61. The number of carbonyl (C=O) groups excluding carboxylic acids is 3. The number of fused-ring (bicyclic) bond motifs is 1. The van der Waals surface area contributed by atoms with Crippen molar-refractivity contribution in [3.05, 3.63) is 57.6 Å². The highest BCUT2D eigenvalue weighted by Gasteiger charge is 2.37. The molecule has 1 fully saturated rings. The summed E-state index contributed by atoms with van der Waals surface area (Å²) >= 11 is 12.0. The minimum atomic E-state index is -0.858. The van der Waals surface area contributed by atoms with E-state index >= 15 is 0 Å². The Labute approximate surface area is 163 Å². The minimum Gasteiger partial charge on any atom is -0.454 e. The van der Waals surface area contributed by atoms with Crippen LogP contribution in [0.3, 0.4) is 0 Å². The van der Waals surface area contributed by atoms with E-state index in [0.29, 0.717) is 22.1 Å². The van der Waals surface area contributed by atoms with Gasteiger partial charge in [-0.25, -0.2) is 9.69 Å². The number of benzene rings is 2. The number of anilines is 1. The third kappa shape index (κ3) is 3.11. The van der Waals surface area contributed by atoms with Gasteiger partial charge >= 0.3 is 6.03 Å². The average Bonchev–Trinajstić information content (AvgIpc) is 3.08. The van der Waals surface area contributed by atoms with Crippen molar-refractivity contribution in [2.45, 2.75) is 0 Å². The Morgan fingerprint density at radius 3 is 2.56 bits per heavy atom. The Morgan fingerprint density at radius 2 is 1.78 bits per heavy atom. The Bertz CT molecular complexity index is 1030. The minimum absolute atomic E-state index is 0.0532. The molecule has 9 heteroatoms. The molecule has 4 amide bonds. The number of rotatable bonds is 2. The maximum Gasteiger partial charge on any atom is 0.335 e. The van der Waals surface area contributed by atoms with Crippen LogP contribution in [0, 0.1) is 0 Å². The molecular formula is C18H10Cl2N2O5. The highest BCUT2D eigenvalue weighted by atomic mass is 35.5. The van der Waals surface area contributed by atoms with Gasteiger partial charge in [-0.05, 0) is 35.9 Å². The summed E-state index contributed by atoms with van der Waals surface area (Å²) in [5, 5.41) is 2.83. The number of nitrogens with one attached hydrogen (secondary N) is 1. The van der Waals surface area contributed by atoms with E-state index in [1.54, 1.807) is 18.2 Å². The van der Waals surface area contributed by atoms with Crippen molar-refractivity contribution in [1.29, 1.82) is 0 Å². The number of amides is 4. The number of halogens is 2. The van der Waals surface area contributed by atoms with Crippen LogP contribution in [0.4, 0.5) is 10.5 Å². The van der Waals surface area contributed by atoms with Gasteiger partial charge < -0.3 is 9.47 Å². The molecule has 1 saturated heterocycles. The van der Waals surface area contributed by atoms with Crippen molar-refractivity contribution >= 4 is 52.8 Å². The van der Waals surface area contributed by atoms with Crippen LogP contribution in [-0.4, -0.2) is 24.6 Å². The molecule has 0 unspecified atom stereocenters. The van der Waals surface area contributed by atoms with Crippen molar-refractivity contribution in [1.82, 2.24) is 5.32 Å². The number of hydrogen-bond donors (Lipinski definition) is 1. The summed E-state index contributed by atoms with van der Waals surface area (Å²) < 4.78 is 10.5. The highest BCUT2D eigenvalue weighted by Crippen LogP contribution is 2.36. The molecule has 136 valence electrons. The molecule has 0 aromatic heterocycles. The van der Waals surface area contributed by atoms with Gasteiger partial charge in [0.05, 0.1) is 5.69 Å². The zero-order valence-electron chi connectivity index (χ0n) is 13.5. The van der Waals surface area contributed by atoms with E-state index < -0.39 is 17.8 Å². The summed E-state index contributed by atoms with van der Waals surface area (Å²) in [6, 6.07) is 8.36. The van der Waals surface area contributed by atoms with E-state index in [1.807, 2.05) is 0 Å². The summed E-state index contributed by atoms with van der Waals surface area (Å²) in [6.45, 7) is 0.0532. The lowest BCUT2D eigenvalue weighted by Gasteiger charge is -2.26. The van der Waals surface area contributed by atoms with Crippen LogP contribution in [0.15, 0.2) is 42.0 Å². The van der Waals surface area contributed by atoms with Gasteiger partial charge in [0.2, 0.25) is 6.79 Å². The number of nitrogens with zero attached hydrogens (tertiary/aromatic N) is 1. The molecule has 0 aliphatic carbocycles. The molecule has 2 aromatic rings. The fourth-order valence-corrected chi connectivity index (χ4v) is 3.15. The SMILES string of the molecule is O=C1NC(=O)N(c2ccc3c(c2)OCO3)C(=O)/C1=C/c1ccc(Cl)cc1Cl. The van der Waals surface area contributed by atoms with Crippen LogP contribution in [0.1, 0.15) is 5.56 Å². The van der Waals surface area contributed by atoms with Gasteiger partial charge in [-0.2, -0.15) is 0 Å². The Balaban J connectivity index is 1.74. The van der Waals surface area contributed by atoms with Crippen LogP contribution in [0.5, 0.6) is 11.5 Å². The van der Waals surface area contributed by atoms with Crippen LogP contribution in [0.2, 0.25) is 10.0 Å². The zero-order valence-corrected chi connectivity index (χ0v) is 15.0. The van der Waals surface area contributed by atoms with Crippen LogP contribution in [-0.2, 0) is 9.59 Å². The van der Waals surface area contributed by atoms with Gasteiger partial charge in [-0.3, -0.25) is 14.9 Å². The Hall–Kier alpha value is -3.03. The number of hydrogen-bond acceptors (Lipinski definition) is 5. The fraction of sp³-hybridized carbons (Fsp3) is 0.0556. The van der Waals surface area contributed by atoms with Crippen LogP contribution >= 0.6 is 23.2 Å². The molecule has 0 atom stereocenters. The summed E-state index contributed by atoms with van der Waals surface area (Å²) in [7, 11) is 0. The lowest BCUT2D eigenvalue weighted by atomic mass is 10.1. The monoisotopic (exact) mass is 404 g/mol. The highest BCUT2D eigenvalue weighted by molar-refractivity contribution is 6.40. The molecule has 0 saturated carbocycles. The first-order valence-corrected chi connectivity index (χ1v) is 8.46. The van der Waals surface area contributed by atoms with Crippen molar-refractivity contribution in [2.75, 3.05) is 11.7 Å². The van der Waals surface area contributed by atoms with Gasteiger partial charge in [0.25, 0.3) is 11.8 Å². The smallest absolute Gasteiger partial charge is 0.335 e. The van der Waals surface area contributed by atoms with Crippen LogP contribution in [0.25, 0.3) is 6.08 Å². The van der Waals surface area contributed by atoms with E-state index in [1.165, 1.54) is 24.3 Å². The third-order valence-electron chi connectivity index (χ3n) is 3.98. The molecule has 1 N–H and O–H groups in total. The molecule has 2 heterocycles. The second-order valence-electron chi connectivity index (χ2n) is 5.66. The maximum absolute atomic E-state index is 12.9. The van der Waals surface area contributed by atoms with Gasteiger partial charge in [0.15, 0.2) is 11.5 Å². The number of urea groups is 1. The molecule has 2 aliphatic heterocycles. The predicted octanol–water partition coefficient (Wildman–Crippen LogP) is 3.39. The molecule has 2 aromatic carbocycles. The van der Waals surface area contributed by atoms with E-state index in [0.717, 1.165) is 4.90 Å². The van der Waals surface area contributed by atoms with E-state index in [9.17, 15) is 14.4 Å². The first-order valence-electron chi connectivity index (χ1n) is 7.70. The summed E-state index contributed by atoms with van der Waals surface area (Å²) in [6.07, 6.45) is 1.31. The van der Waals surface area contributed by atoms with Crippen molar-refractivity contribution < 1.29 is 23.9 Å². The number of imide groups is 2. The molecule has 0 radical (unpaired) electrons. The fourth-order valence-electron chi connectivity index (χ4n) is 2.69. The number of ether oxygens (including phenoxy) is 2. The van der Waals surface area contributed by atoms with E-state index in [2.05, 4.69) is 5.32 Å². The number of carbonyl (C=O) groups is 3. The lowest BCUT2D eigenvalue weighted by molar-refractivity contribution is -0.122. The largest absolute Gasteiger partial charge is 0.454 e. The van der Waals surface area contributed by atoms with Gasteiger partial charge in [-0.15, -0.1) is 0 Å². The van der Waals surface area contributed by atoms with Crippen molar-refractivity contribution in [3.8, 4) is 11.5 Å². The lowest BCUT2D eigenvalue weighted by Crippen LogP contribution is -2.54.